The third-order valence-electron chi connectivity index (χ3n) is 3.46. The van der Waals surface area contributed by atoms with Gasteiger partial charge in [0.25, 0.3) is 0 Å². The molecule has 2 rings (SSSR count). The number of halogens is 3. The molecule has 0 aromatic carbocycles. The maximum absolute atomic E-state index is 12.0. The van der Waals surface area contributed by atoms with E-state index in [1.165, 1.54) is 12.3 Å². The number of ether oxygens (including phenoxy) is 3. The van der Waals surface area contributed by atoms with E-state index in [1.54, 1.807) is 0 Å². The molecule has 0 bridgehead atoms. The molecule has 1 aromatic heterocycles. The summed E-state index contributed by atoms with van der Waals surface area (Å²) < 4.78 is 51.5. The van der Waals surface area contributed by atoms with Gasteiger partial charge in [0.05, 0.1) is 32.0 Å². The summed E-state index contributed by atoms with van der Waals surface area (Å²) in [7, 11) is 0. The normalized spacial score (nSPS) is 25.8. The van der Waals surface area contributed by atoms with Crippen molar-refractivity contribution in [3.8, 4) is 0 Å². The van der Waals surface area contributed by atoms with Gasteiger partial charge in [0.15, 0.2) is 6.23 Å². The second-order valence-corrected chi connectivity index (χ2v) is 5.12. The number of azide groups is 1. The number of aromatic nitrogens is 2. The van der Waals surface area contributed by atoms with Crippen LogP contribution in [0.2, 0.25) is 0 Å². The average molecular weight is 380 g/mol. The predicted molar refractivity (Wildman–Crippen MR) is 78.6 cm³/mol. The Balaban J connectivity index is 2.22. The molecule has 1 saturated heterocycles. The van der Waals surface area contributed by atoms with E-state index in [0.29, 0.717) is 0 Å². The molecule has 0 spiro atoms. The third-order valence-corrected chi connectivity index (χ3v) is 3.46. The number of hydrogen-bond acceptors (Lipinski definition) is 8. The monoisotopic (exact) mass is 380 g/mol. The van der Waals surface area contributed by atoms with Gasteiger partial charge in [0, 0.05) is 11.1 Å². The van der Waals surface area contributed by atoms with Crippen molar-refractivity contribution in [1.82, 2.24) is 9.55 Å². The molecule has 1 fully saturated rings. The van der Waals surface area contributed by atoms with E-state index in [0.717, 1.165) is 4.57 Å². The Labute approximate surface area is 143 Å². The van der Waals surface area contributed by atoms with Gasteiger partial charge in [-0.1, -0.05) is 5.11 Å². The number of nitrogens with zero attached hydrogens (tertiary/aromatic N) is 5. The quantitative estimate of drug-likeness (QED) is 0.298. The van der Waals surface area contributed by atoms with Crippen LogP contribution in [0.4, 0.5) is 19.0 Å². The van der Waals surface area contributed by atoms with Crippen LogP contribution in [0.1, 0.15) is 6.23 Å². The fourth-order valence-corrected chi connectivity index (χ4v) is 2.43. The topological polar surface area (TPSA) is 158 Å². The number of aliphatic hydroxyl groups excluding tert-OH is 1. The van der Waals surface area contributed by atoms with E-state index in [1.807, 2.05) is 0 Å². The van der Waals surface area contributed by atoms with E-state index in [9.17, 15) is 23.1 Å². The first-order chi connectivity index (χ1) is 12.3. The molecule has 11 nitrogen and oxygen atoms in total. The van der Waals surface area contributed by atoms with Crippen molar-refractivity contribution in [2.45, 2.75) is 30.8 Å². The van der Waals surface area contributed by atoms with Gasteiger partial charge in [-0.25, -0.2) is 4.79 Å². The summed E-state index contributed by atoms with van der Waals surface area (Å²) in [5.41, 5.74) is 13.3. The van der Waals surface area contributed by atoms with E-state index >= 15 is 0 Å². The molecule has 1 aromatic rings. The van der Waals surface area contributed by atoms with E-state index in [-0.39, 0.29) is 5.82 Å². The number of hydrogen-bond donors (Lipinski definition) is 2. The Kier molecular flexibility index (Phi) is 6.39. The minimum Gasteiger partial charge on any atom is -0.394 e. The second-order valence-electron chi connectivity index (χ2n) is 5.12. The largest absolute Gasteiger partial charge is 0.522 e. The maximum atomic E-state index is 12.0. The van der Waals surface area contributed by atoms with Crippen molar-refractivity contribution >= 4 is 5.82 Å². The molecule has 4 atom stereocenters. The average Bonchev–Trinajstić information content (AvgIpc) is 2.89. The highest BCUT2D eigenvalue weighted by atomic mass is 19.4. The van der Waals surface area contributed by atoms with Crippen molar-refractivity contribution in [3.63, 3.8) is 0 Å². The van der Waals surface area contributed by atoms with Crippen LogP contribution in [0.5, 0.6) is 0 Å². The molecule has 0 radical (unpaired) electrons. The summed E-state index contributed by atoms with van der Waals surface area (Å²) in [6.45, 7) is -1.93. The number of nitrogens with two attached hydrogens (primary N) is 1. The first-order valence-electron chi connectivity index (χ1n) is 7.24. The highest BCUT2D eigenvalue weighted by Gasteiger charge is 2.46. The SMILES string of the molecule is [N-]=[N+]=NC1[C@@H](OCCOC(F)(F)F)[C@H](n2ccc(N)nc2=O)O[C@@H]1CO. The van der Waals surface area contributed by atoms with Gasteiger partial charge in [0.1, 0.15) is 11.9 Å². The molecule has 26 heavy (non-hydrogen) atoms. The van der Waals surface area contributed by atoms with Crippen molar-refractivity contribution in [2.24, 2.45) is 5.11 Å². The summed E-state index contributed by atoms with van der Waals surface area (Å²) in [5, 5.41) is 12.8. The molecule has 3 N–H and O–H groups in total. The van der Waals surface area contributed by atoms with Crippen molar-refractivity contribution < 1.29 is 32.5 Å². The van der Waals surface area contributed by atoms with Crippen LogP contribution in [-0.4, -0.2) is 59.1 Å². The molecular formula is C12H15F3N6O5. The molecule has 144 valence electrons. The number of alkyl halides is 3. The lowest BCUT2D eigenvalue weighted by Gasteiger charge is -2.22. The zero-order valence-electron chi connectivity index (χ0n) is 13.1. The lowest BCUT2D eigenvalue weighted by Crippen LogP contribution is -2.38. The number of rotatable bonds is 7. The van der Waals surface area contributed by atoms with Crippen LogP contribution >= 0.6 is 0 Å². The van der Waals surface area contributed by atoms with Crippen molar-refractivity contribution in [1.29, 1.82) is 0 Å². The molecule has 1 aliphatic rings. The molecule has 0 saturated carbocycles. The first kappa shape index (κ1) is 19.9. The summed E-state index contributed by atoms with van der Waals surface area (Å²) in [6, 6.07) is 0.203. The first-order valence-corrected chi connectivity index (χ1v) is 7.24. The molecule has 1 unspecified atom stereocenters. The third kappa shape index (κ3) is 4.83. The second kappa shape index (κ2) is 8.33. The summed E-state index contributed by atoms with van der Waals surface area (Å²) >= 11 is 0. The van der Waals surface area contributed by atoms with Gasteiger partial charge >= 0.3 is 12.1 Å². The van der Waals surface area contributed by atoms with Crippen molar-refractivity contribution in [3.05, 3.63) is 33.2 Å². The minimum absolute atomic E-state index is 0.0504. The number of nitrogen functional groups attached to an aromatic ring is 1. The molecule has 0 aliphatic carbocycles. The Morgan fingerprint density at radius 2 is 2.23 bits per heavy atom. The Morgan fingerprint density at radius 3 is 2.81 bits per heavy atom. The molecule has 0 amide bonds. The van der Waals surface area contributed by atoms with Gasteiger partial charge in [-0.2, -0.15) is 4.98 Å². The Bertz CT molecular complexity index is 722. The van der Waals surface area contributed by atoms with Gasteiger partial charge < -0.3 is 20.3 Å². The lowest BCUT2D eigenvalue weighted by atomic mass is 10.1. The van der Waals surface area contributed by atoms with Crippen LogP contribution in [0.3, 0.4) is 0 Å². The lowest BCUT2D eigenvalue weighted by molar-refractivity contribution is -0.327. The minimum atomic E-state index is -4.83. The summed E-state index contributed by atoms with van der Waals surface area (Å²) in [4.78, 5) is 18.1. The zero-order chi connectivity index (χ0) is 19.3. The molecule has 14 heteroatoms. The van der Waals surface area contributed by atoms with Crippen LogP contribution < -0.4 is 11.4 Å². The highest BCUT2D eigenvalue weighted by molar-refractivity contribution is 5.23. The zero-order valence-corrected chi connectivity index (χ0v) is 13.1. The van der Waals surface area contributed by atoms with Gasteiger partial charge in [0.2, 0.25) is 0 Å². The Morgan fingerprint density at radius 1 is 1.50 bits per heavy atom. The molecule has 2 heterocycles. The van der Waals surface area contributed by atoms with Crippen LogP contribution in [0.25, 0.3) is 10.4 Å². The van der Waals surface area contributed by atoms with Crippen LogP contribution in [0, 0.1) is 0 Å². The van der Waals surface area contributed by atoms with Gasteiger partial charge in [-0.15, -0.1) is 13.2 Å². The van der Waals surface area contributed by atoms with Crippen LogP contribution in [-0.2, 0) is 14.2 Å². The Hall–Kier alpha value is -2.38. The predicted octanol–water partition coefficient (Wildman–Crippen LogP) is 0.316. The van der Waals surface area contributed by atoms with E-state index < -0.39 is 56.4 Å². The van der Waals surface area contributed by atoms with E-state index in [4.69, 9.17) is 20.7 Å². The number of anilines is 1. The fraction of sp³-hybridized carbons (Fsp3) is 0.667. The number of aliphatic hydroxyl groups is 1. The van der Waals surface area contributed by atoms with Crippen LogP contribution in [0.15, 0.2) is 22.2 Å². The maximum Gasteiger partial charge on any atom is 0.522 e. The smallest absolute Gasteiger partial charge is 0.394 e. The standard InChI is InChI=1S/C12H15F3N6O5/c13-12(14,15)25-4-3-24-9-8(19-20-17)6(5-22)26-10(9)21-2-1-7(16)18-11(21)23/h1-2,6,8-10,22H,3-5H2,(H2,16,18,23)/t6-,8?,9-,10-/m1/s1. The van der Waals surface area contributed by atoms with Gasteiger partial charge in [-0.05, 0) is 11.6 Å². The van der Waals surface area contributed by atoms with E-state index in [2.05, 4.69) is 19.7 Å². The highest BCUT2D eigenvalue weighted by Crippen LogP contribution is 2.33. The van der Waals surface area contributed by atoms with Crippen molar-refractivity contribution in [2.75, 3.05) is 25.6 Å². The molecule has 1 aliphatic heterocycles. The fourth-order valence-electron chi connectivity index (χ4n) is 2.43. The van der Waals surface area contributed by atoms with Gasteiger partial charge in [-0.3, -0.25) is 9.30 Å². The summed E-state index contributed by atoms with van der Waals surface area (Å²) in [6.07, 6.45) is -6.99. The summed E-state index contributed by atoms with van der Waals surface area (Å²) in [5.74, 6) is -0.0504. The molecular weight excluding hydrogens is 365 g/mol.